The molecule has 0 N–H and O–H groups in total. The van der Waals surface area contributed by atoms with Crippen LogP contribution in [-0.4, -0.2) is 44.0 Å². The first kappa shape index (κ1) is 11.6. The maximum Gasteiger partial charge on any atom is 0.186 e. The number of azide groups is 1. The van der Waals surface area contributed by atoms with Crippen molar-refractivity contribution in [1.82, 2.24) is 0 Å². The maximum absolute atomic E-state index is 8.29. The van der Waals surface area contributed by atoms with Gasteiger partial charge in [-0.25, -0.2) is 0 Å². The number of nitrogens with zero attached hydrogens (tertiary/aromatic N) is 3. The molecule has 0 aromatic heterocycles. The van der Waals surface area contributed by atoms with Gasteiger partial charge in [0, 0.05) is 12.0 Å². The van der Waals surface area contributed by atoms with E-state index in [1.54, 1.807) is 7.11 Å². The Morgan fingerprint density at radius 1 is 1.38 bits per heavy atom. The van der Waals surface area contributed by atoms with Gasteiger partial charge in [-0.2, -0.15) is 0 Å². The second kappa shape index (κ2) is 4.20. The van der Waals surface area contributed by atoms with E-state index in [0.29, 0.717) is 0 Å². The number of ether oxygens (including phenoxy) is 4. The summed E-state index contributed by atoms with van der Waals surface area (Å²) < 4.78 is 22.1. The largest absolute Gasteiger partial charge is 0.353 e. The number of fused-ring (bicyclic) bond motifs is 1. The van der Waals surface area contributed by atoms with E-state index in [9.17, 15) is 0 Å². The van der Waals surface area contributed by atoms with E-state index in [0.717, 1.165) is 0 Å². The van der Waals surface area contributed by atoms with Crippen molar-refractivity contribution in [3.05, 3.63) is 10.4 Å². The smallest absolute Gasteiger partial charge is 0.186 e. The highest BCUT2D eigenvalue weighted by Gasteiger charge is 2.55. The first-order valence-electron chi connectivity index (χ1n) is 5.12. The van der Waals surface area contributed by atoms with Crippen LogP contribution in [0.3, 0.4) is 0 Å². The SMILES string of the molecule is COC1O[C@H](CN=[N+]=[N-])[C@H]2OC(C)(C)O[C@@H]12. The third kappa shape index (κ3) is 2.00. The van der Waals surface area contributed by atoms with Crippen LogP contribution in [0.5, 0.6) is 0 Å². The van der Waals surface area contributed by atoms with Crippen LogP contribution in [0, 0.1) is 0 Å². The number of methoxy groups -OCH3 is 1. The minimum Gasteiger partial charge on any atom is -0.353 e. The lowest BCUT2D eigenvalue weighted by Gasteiger charge is -2.22. The van der Waals surface area contributed by atoms with Crippen LogP contribution in [0.25, 0.3) is 10.4 Å². The Morgan fingerprint density at radius 3 is 2.69 bits per heavy atom. The minimum atomic E-state index is -0.648. The zero-order chi connectivity index (χ0) is 11.8. The molecule has 2 saturated heterocycles. The molecule has 0 aromatic carbocycles. The predicted molar refractivity (Wildman–Crippen MR) is 53.5 cm³/mol. The van der Waals surface area contributed by atoms with Gasteiger partial charge in [0.15, 0.2) is 12.1 Å². The van der Waals surface area contributed by atoms with Crippen LogP contribution in [0.4, 0.5) is 0 Å². The average molecular weight is 229 g/mol. The van der Waals surface area contributed by atoms with Crippen LogP contribution in [-0.2, 0) is 18.9 Å². The second-order valence-electron chi connectivity index (χ2n) is 4.26. The third-order valence-corrected chi connectivity index (χ3v) is 2.66. The highest BCUT2D eigenvalue weighted by molar-refractivity contribution is 4.95. The van der Waals surface area contributed by atoms with Crippen molar-refractivity contribution in [3.8, 4) is 0 Å². The van der Waals surface area contributed by atoms with Crippen LogP contribution >= 0.6 is 0 Å². The molecular weight excluding hydrogens is 214 g/mol. The molecule has 1 unspecified atom stereocenters. The topological polar surface area (TPSA) is 85.7 Å². The van der Waals surface area contributed by atoms with Gasteiger partial charge in [-0.05, 0) is 19.4 Å². The Balaban J connectivity index is 2.10. The molecule has 4 atom stereocenters. The number of hydrogen-bond acceptors (Lipinski definition) is 5. The van der Waals surface area contributed by atoms with E-state index in [1.165, 1.54) is 0 Å². The summed E-state index contributed by atoms with van der Waals surface area (Å²) >= 11 is 0. The number of hydrogen-bond donors (Lipinski definition) is 0. The Bertz CT molecular complexity index is 316. The molecule has 0 bridgehead atoms. The van der Waals surface area contributed by atoms with Gasteiger partial charge in [0.1, 0.15) is 12.2 Å². The van der Waals surface area contributed by atoms with E-state index in [2.05, 4.69) is 10.0 Å². The molecule has 7 heteroatoms. The fraction of sp³-hybridized carbons (Fsp3) is 1.00. The summed E-state index contributed by atoms with van der Waals surface area (Å²) in [5.74, 6) is -0.648. The lowest BCUT2D eigenvalue weighted by atomic mass is 10.1. The molecular formula is C9H15N3O4. The van der Waals surface area contributed by atoms with Gasteiger partial charge in [-0.3, -0.25) is 0 Å². The van der Waals surface area contributed by atoms with Crippen molar-refractivity contribution < 1.29 is 18.9 Å². The molecule has 2 aliphatic heterocycles. The van der Waals surface area contributed by atoms with Crippen molar-refractivity contribution >= 4 is 0 Å². The Kier molecular flexibility index (Phi) is 3.05. The quantitative estimate of drug-likeness (QED) is 0.413. The molecule has 2 heterocycles. The summed E-state index contributed by atoms with van der Waals surface area (Å²) in [6, 6.07) is 0. The fourth-order valence-electron chi connectivity index (χ4n) is 2.10. The van der Waals surface area contributed by atoms with Crippen molar-refractivity contribution in [1.29, 1.82) is 0 Å². The van der Waals surface area contributed by atoms with Crippen molar-refractivity contribution in [2.24, 2.45) is 5.11 Å². The van der Waals surface area contributed by atoms with E-state index in [4.69, 9.17) is 24.5 Å². The lowest BCUT2D eigenvalue weighted by molar-refractivity contribution is -0.225. The summed E-state index contributed by atoms with van der Waals surface area (Å²) in [4.78, 5) is 2.71. The van der Waals surface area contributed by atoms with E-state index in [-0.39, 0.29) is 24.9 Å². The molecule has 0 aliphatic carbocycles. The van der Waals surface area contributed by atoms with Crippen LogP contribution in [0.15, 0.2) is 5.11 Å². The van der Waals surface area contributed by atoms with Gasteiger partial charge in [-0.1, -0.05) is 5.11 Å². The highest BCUT2D eigenvalue weighted by atomic mass is 16.8. The average Bonchev–Trinajstić information content (AvgIpc) is 2.69. The van der Waals surface area contributed by atoms with Gasteiger partial charge < -0.3 is 18.9 Å². The fourth-order valence-corrected chi connectivity index (χ4v) is 2.10. The molecule has 0 spiro atoms. The van der Waals surface area contributed by atoms with E-state index >= 15 is 0 Å². The van der Waals surface area contributed by atoms with Gasteiger partial charge >= 0.3 is 0 Å². The van der Waals surface area contributed by atoms with Crippen LogP contribution < -0.4 is 0 Å². The third-order valence-electron chi connectivity index (χ3n) is 2.66. The maximum atomic E-state index is 8.29. The van der Waals surface area contributed by atoms with Crippen molar-refractivity contribution in [2.75, 3.05) is 13.7 Å². The summed E-state index contributed by atoms with van der Waals surface area (Å²) in [6.07, 6.45) is -1.29. The zero-order valence-electron chi connectivity index (χ0n) is 9.49. The normalized spacial score (nSPS) is 40.4. The predicted octanol–water partition coefficient (Wildman–Crippen LogP) is 1.19. The minimum absolute atomic E-state index is 0.219. The van der Waals surface area contributed by atoms with E-state index < -0.39 is 12.1 Å². The van der Waals surface area contributed by atoms with Crippen molar-refractivity contribution in [2.45, 2.75) is 44.2 Å². The van der Waals surface area contributed by atoms with Crippen molar-refractivity contribution in [3.63, 3.8) is 0 Å². The molecule has 2 fully saturated rings. The molecule has 0 aromatic rings. The Hall–Kier alpha value is -0.850. The number of rotatable bonds is 3. The molecule has 0 amide bonds. The highest BCUT2D eigenvalue weighted by Crippen LogP contribution is 2.38. The van der Waals surface area contributed by atoms with E-state index in [1.807, 2.05) is 13.8 Å². The molecule has 0 radical (unpaired) electrons. The van der Waals surface area contributed by atoms with Crippen LogP contribution in [0.2, 0.25) is 0 Å². The first-order chi connectivity index (χ1) is 7.57. The van der Waals surface area contributed by atoms with Gasteiger partial charge in [0.2, 0.25) is 0 Å². The van der Waals surface area contributed by atoms with Gasteiger partial charge in [0.25, 0.3) is 0 Å². The molecule has 7 nitrogen and oxygen atoms in total. The summed E-state index contributed by atoms with van der Waals surface area (Å²) in [7, 11) is 1.55. The summed E-state index contributed by atoms with van der Waals surface area (Å²) in [5.41, 5.74) is 8.29. The molecule has 0 saturated carbocycles. The van der Waals surface area contributed by atoms with Crippen LogP contribution in [0.1, 0.15) is 13.8 Å². The summed E-state index contributed by atoms with van der Waals surface area (Å²) in [5, 5.41) is 3.50. The second-order valence-corrected chi connectivity index (χ2v) is 4.26. The lowest BCUT2D eigenvalue weighted by Crippen LogP contribution is -2.31. The Morgan fingerprint density at radius 2 is 2.06 bits per heavy atom. The van der Waals surface area contributed by atoms with Gasteiger partial charge in [0.05, 0.1) is 12.6 Å². The molecule has 90 valence electrons. The zero-order valence-corrected chi connectivity index (χ0v) is 9.49. The standard InChI is InChI=1S/C9H15N3O4/c1-9(2)15-6-5(4-11-12-10)14-8(13-3)7(6)16-9/h5-8H,4H2,1-3H3/t5-,6-,7-,8?/m1/s1. The first-order valence-corrected chi connectivity index (χ1v) is 5.12. The molecule has 2 aliphatic rings. The molecule has 2 rings (SSSR count). The molecule has 16 heavy (non-hydrogen) atoms. The monoisotopic (exact) mass is 229 g/mol. The van der Waals surface area contributed by atoms with Gasteiger partial charge in [-0.15, -0.1) is 0 Å². The summed E-state index contributed by atoms with van der Waals surface area (Å²) in [6.45, 7) is 3.89. The Labute approximate surface area is 93.2 Å².